The van der Waals surface area contributed by atoms with Crippen LogP contribution in [0.3, 0.4) is 0 Å². The summed E-state index contributed by atoms with van der Waals surface area (Å²) in [5.74, 6) is 0.656. The van der Waals surface area contributed by atoms with E-state index in [0.717, 1.165) is 0 Å². The summed E-state index contributed by atoms with van der Waals surface area (Å²) < 4.78 is 17.2. The Morgan fingerprint density at radius 2 is 2.00 bits per heavy atom. The molecule has 1 aliphatic heterocycles. The van der Waals surface area contributed by atoms with Crippen LogP contribution in [0.25, 0.3) is 17.0 Å². The van der Waals surface area contributed by atoms with Crippen LogP contribution in [0.5, 0.6) is 11.5 Å². The monoisotopic (exact) mass is 354 g/mol. The number of allylic oxidation sites excluding steroid dienone is 2. The SMILES string of the molecule is C/C=C(/C)C(=O)c1c(OC)c2c(c3c(C)cc(=O)oc13)OC(C)(C)C=C2. The van der Waals surface area contributed by atoms with Crippen molar-refractivity contribution >= 4 is 22.8 Å². The number of carbonyl (C=O) groups excluding carboxylic acids is 1. The lowest BCUT2D eigenvalue weighted by atomic mass is 9.92. The van der Waals surface area contributed by atoms with Gasteiger partial charge in [-0.25, -0.2) is 4.79 Å². The Hall–Kier alpha value is -2.82. The largest absolute Gasteiger partial charge is 0.495 e. The first-order valence-corrected chi connectivity index (χ1v) is 8.44. The molecule has 0 bridgehead atoms. The van der Waals surface area contributed by atoms with Crippen molar-refractivity contribution in [2.24, 2.45) is 0 Å². The van der Waals surface area contributed by atoms with Crippen molar-refractivity contribution in [1.29, 1.82) is 0 Å². The molecular formula is C21H22O5. The molecule has 26 heavy (non-hydrogen) atoms. The zero-order valence-corrected chi connectivity index (χ0v) is 15.9. The average molecular weight is 354 g/mol. The highest BCUT2D eigenvalue weighted by atomic mass is 16.5. The predicted octanol–water partition coefficient (Wildman–Crippen LogP) is 4.44. The summed E-state index contributed by atoms with van der Waals surface area (Å²) in [6.07, 6.45) is 5.52. The van der Waals surface area contributed by atoms with Gasteiger partial charge in [0.1, 0.15) is 22.7 Å². The summed E-state index contributed by atoms with van der Waals surface area (Å²) >= 11 is 0. The van der Waals surface area contributed by atoms with Crippen LogP contribution < -0.4 is 15.1 Å². The second kappa shape index (κ2) is 6.16. The Labute approximate surface area is 151 Å². The van der Waals surface area contributed by atoms with E-state index in [9.17, 15) is 9.59 Å². The number of rotatable bonds is 3. The number of ether oxygens (including phenoxy) is 2. The van der Waals surface area contributed by atoms with Crippen molar-refractivity contribution in [2.45, 2.75) is 40.2 Å². The number of ketones is 1. The van der Waals surface area contributed by atoms with Crippen LogP contribution >= 0.6 is 0 Å². The average Bonchev–Trinajstić information content (AvgIpc) is 2.57. The van der Waals surface area contributed by atoms with Crippen molar-refractivity contribution in [3.05, 3.63) is 50.9 Å². The van der Waals surface area contributed by atoms with E-state index in [2.05, 4.69) is 0 Å². The molecule has 0 atom stereocenters. The van der Waals surface area contributed by atoms with E-state index >= 15 is 0 Å². The standard InChI is InChI=1S/C21H22O5/c1-7-11(2)17(23)16-18(24-6)13-8-9-21(4,5)26-19(13)15-12(3)10-14(22)25-20(15)16/h7-10H,1-6H3/b11-7-. The van der Waals surface area contributed by atoms with Gasteiger partial charge < -0.3 is 13.9 Å². The van der Waals surface area contributed by atoms with E-state index < -0.39 is 11.2 Å². The minimum absolute atomic E-state index is 0.197. The summed E-state index contributed by atoms with van der Waals surface area (Å²) in [5.41, 5.74) is 1.29. The third kappa shape index (κ3) is 2.73. The number of fused-ring (bicyclic) bond motifs is 3. The van der Waals surface area contributed by atoms with Gasteiger partial charge in [0.25, 0.3) is 0 Å². The summed E-state index contributed by atoms with van der Waals surface area (Å²) in [7, 11) is 1.49. The summed E-state index contributed by atoms with van der Waals surface area (Å²) in [5, 5.41) is 0.616. The Morgan fingerprint density at radius 1 is 1.31 bits per heavy atom. The molecule has 0 spiro atoms. The topological polar surface area (TPSA) is 65.7 Å². The second-order valence-corrected chi connectivity index (χ2v) is 6.94. The van der Waals surface area contributed by atoms with E-state index in [-0.39, 0.29) is 16.9 Å². The summed E-state index contributed by atoms with van der Waals surface area (Å²) in [6, 6.07) is 1.40. The lowest BCUT2D eigenvalue weighted by Gasteiger charge is -2.30. The smallest absolute Gasteiger partial charge is 0.336 e. The zero-order chi connectivity index (χ0) is 19.2. The quantitative estimate of drug-likeness (QED) is 0.463. The van der Waals surface area contributed by atoms with Crippen molar-refractivity contribution in [1.82, 2.24) is 0 Å². The Balaban J connectivity index is 2.56. The van der Waals surface area contributed by atoms with E-state index in [1.807, 2.05) is 26.0 Å². The molecule has 0 saturated carbocycles. The molecule has 0 unspecified atom stereocenters. The number of Topliss-reactive ketones (excluding diaryl/α,β-unsaturated/α-hetero) is 1. The van der Waals surface area contributed by atoms with Gasteiger partial charge in [-0.2, -0.15) is 0 Å². The molecular weight excluding hydrogens is 332 g/mol. The number of hydrogen-bond donors (Lipinski definition) is 0. The van der Waals surface area contributed by atoms with E-state index in [1.165, 1.54) is 13.2 Å². The van der Waals surface area contributed by atoms with Crippen LogP contribution in [-0.4, -0.2) is 18.5 Å². The molecule has 1 aromatic carbocycles. The first-order valence-electron chi connectivity index (χ1n) is 8.44. The molecule has 0 saturated heterocycles. The summed E-state index contributed by atoms with van der Waals surface area (Å²) in [4.78, 5) is 25.1. The number of hydrogen-bond acceptors (Lipinski definition) is 5. The number of aryl methyl sites for hydroxylation is 1. The van der Waals surface area contributed by atoms with Crippen LogP contribution in [0.1, 0.15) is 49.2 Å². The number of benzene rings is 1. The fourth-order valence-corrected chi connectivity index (χ4v) is 3.13. The lowest BCUT2D eigenvalue weighted by molar-refractivity contribution is 0.103. The Morgan fingerprint density at radius 3 is 2.62 bits per heavy atom. The number of carbonyl (C=O) groups is 1. The van der Waals surface area contributed by atoms with Gasteiger partial charge in [0.2, 0.25) is 0 Å². The Kier molecular flexibility index (Phi) is 4.26. The minimum atomic E-state index is -0.529. The van der Waals surface area contributed by atoms with Crippen LogP contribution in [0, 0.1) is 6.92 Å². The third-order valence-electron chi connectivity index (χ3n) is 4.57. The fraction of sp³-hybridized carbons (Fsp3) is 0.333. The molecule has 0 fully saturated rings. The van der Waals surface area contributed by atoms with Crippen molar-refractivity contribution in [2.75, 3.05) is 7.11 Å². The zero-order valence-electron chi connectivity index (χ0n) is 15.9. The lowest BCUT2D eigenvalue weighted by Crippen LogP contribution is -2.28. The van der Waals surface area contributed by atoms with Gasteiger partial charge in [0.15, 0.2) is 11.4 Å². The maximum absolute atomic E-state index is 13.0. The molecule has 1 aliphatic rings. The second-order valence-electron chi connectivity index (χ2n) is 6.94. The van der Waals surface area contributed by atoms with Crippen LogP contribution in [-0.2, 0) is 0 Å². The fourth-order valence-electron chi connectivity index (χ4n) is 3.13. The molecule has 0 N–H and O–H groups in total. The minimum Gasteiger partial charge on any atom is -0.495 e. The molecule has 5 nitrogen and oxygen atoms in total. The highest BCUT2D eigenvalue weighted by Gasteiger charge is 2.32. The molecule has 0 amide bonds. The van der Waals surface area contributed by atoms with Crippen LogP contribution in [0.4, 0.5) is 0 Å². The van der Waals surface area contributed by atoms with Gasteiger partial charge in [-0.3, -0.25) is 4.79 Å². The maximum Gasteiger partial charge on any atom is 0.336 e. The van der Waals surface area contributed by atoms with Gasteiger partial charge in [-0.05, 0) is 57.9 Å². The molecule has 2 aromatic rings. The van der Waals surface area contributed by atoms with Crippen LogP contribution in [0.2, 0.25) is 0 Å². The number of methoxy groups -OCH3 is 1. The molecule has 3 rings (SSSR count). The van der Waals surface area contributed by atoms with E-state index in [4.69, 9.17) is 13.9 Å². The van der Waals surface area contributed by atoms with Gasteiger partial charge in [-0.1, -0.05) is 6.08 Å². The van der Waals surface area contributed by atoms with Crippen LogP contribution in [0.15, 0.2) is 33.0 Å². The molecule has 0 radical (unpaired) electrons. The van der Waals surface area contributed by atoms with Gasteiger partial charge in [-0.15, -0.1) is 0 Å². The first-order chi connectivity index (χ1) is 12.2. The van der Waals surface area contributed by atoms with E-state index in [0.29, 0.717) is 33.6 Å². The maximum atomic E-state index is 13.0. The van der Waals surface area contributed by atoms with Gasteiger partial charge in [0, 0.05) is 6.07 Å². The van der Waals surface area contributed by atoms with Gasteiger partial charge in [0.05, 0.1) is 18.1 Å². The molecule has 1 aromatic heterocycles. The normalized spacial score (nSPS) is 15.5. The van der Waals surface area contributed by atoms with Crippen molar-refractivity contribution in [3.8, 4) is 11.5 Å². The molecule has 0 aliphatic carbocycles. The van der Waals surface area contributed by atoms with Crippen molar-refractivity contribution < 1.29 is 18.7 Å². The highest BCUT2D eigenvalue weighted by molar-refractivity contribution is 6.19. The van der Waals surface area contributed by atoms with Crippen molar-refractivity contribution in [3.63, 3.8) is 0 Å². The first kappa shape index (κ1) is 18.0. The highest BCUT2D eigenvalue weighted by Crippen LogP contribution is 2.46. The predicted molar refractivity (Wildman–Crippen MR) is 101 cm³/mol. The Bertz CT molecular complexity index is 1030. The molecule has 136 valence electrons. The van der Waals surface area contributed by atoms with E-state index in [1.54, 1.807) is 26.8 Å². The molecule has 5 heteroatoms. The summed E-state index contributed by atoms with van der Waals surface area (Å²) in [6.45, 7) is 9.17. The third-order valence-corrected chi connectivity index (χ3v) is 4.57. The van der Waals surface area contributed by atoms with Gasteiger partial charge >= 0.3 is 5.63 Å². The molecule has 2 heterocycles.